The molecule has 0 saturated carbocycles. The van der Waals surface area contributed by atoms with Crippen molar-refractivity contribution in [2.75, 3.05) is 6.26 Å². The van der Waals surface area contributed by atoms with Crippen molar-refractivity contribution in [2.45, 2.75) is 11.8 Å². The van der Waals surface area contributed by atoms with Gasteiger partial charge in [0.15, 0.2) is 0 Å². The topological polar surface area (TPSA) is 0 Å². The summed E-state index contributed by atoms with van der Waals surface area (Å²) in [6, 6.07) is 15.3. The predicted octanol–water partition coefficient (Wildman–Crippen LogP) is 4.84. The van der Waals surface area contributed by atoms with Crippen LogP contribution in [0.5, 0.6) is 0 Å². The summed E-state index contributed by atoms with van der Waals surface area (Å²) in [5.41, 5.74) is 3.63. The number of halogens is 1. The van der Waals surface area contributed by atoms with E-state index < -0.39 is 0 Å². The number of aryl methyl sites for hydroxylation is 1. The van der Waals surface area contributed by atoms with Gasteiger partial charge in [-0.1, -0.05) is 29.8 Å². The van der Waals surface area contributed by atoms with Crippen LogP contribution in [0.25, 0.3) is 11.1 Å². The minimum absolute atomic E-state index is 0.663. The van der Waals surface area contributed by atoms with E-state index in [-0.39, 0.29) is 0 Å². The zero-order valence-corrected chi connectivity index (χ0v) is 10.8. The van der Waals surface area contributed by atoms with Crippen molar-refractivity contribution in [2.24, 2.45) is 0 Å². The van der Waals surface area contributed by atoms with E-state index in [1.165, 1.54) is 21.6 Å². The lowest BCUT2D eigenvalue weighted by molar-refractivity contribution is 1.39. The fourth-order valence-electron chi connectivity index (χ4n) is 1.69. The van der Waals surface area contributed by atoms with Crippen molar-refractivity contribution in [3.63, 3.8) is 0 Å². The highest BCUT2D eigenvalue weighted by Crippen LogP contribution is 2.33. The zero-order valence-electron chi connectivity index (χ0n) is 9.25. The number of hydrogen-bond acceptors (Lipinski definition) is 1. The molecule has 0 fully saturated rings. The van der Waals surface area contributed by atoms with Gasteiger partial charge in [-0.25, -0.2) is 0 Å². The van der Waals surface area contributed by atoms with E-state index in [9.17, 15) is 0 Å². The molecule has 0 amide bonds. The van der Waals surface area contributed by atoms with Crippen molar-refractivity contribution >= 4 is 23.4 Å². The molecule has 1 radical (unpaired) electrons. The molecule has 0 heterocycles. The number of benzene rings is 2. The molecule has 0 spiro atoms. The second-order valence-electron chi connectivity index (χ2n) is 3.58. The summed E-state index contributed by atoms with van der Waals surface area (Å²) in [5.74, 6) is 0. The molecule has 2 heteroatoms. The fourth-order valence-corrected chi connectivity index (χ4v) is 2.47. The van der Waals surface area contributed by atoms with Gasteiger partial charge in [0, 0.05) is 16.0 Å². The van der Waals surface area contributed by atoms with Crippen LogP contribution in [0.2, 0.25) is 5.02 Å². The largest absolute Gasteiger partial charge is 0.129 e. The van der Waals surface area contributed by atoms with Crippen molar-refractivity contribution in [3.8, 4) is 11.1 Å². The third kappa shape index (κ3) is 2.26. The summed E-state index contributed by atoms with van der Waals surface area (Å²) in [7, 11) is 0. The molecule has 2 aromatic carbocycles. The van der Waals surface area contributed by atoms with Crippen LogP contribution < -0.4 is 0 Å². The average molecular weight is 248 g/mol. The molecular weight excluding hydrogens is 236 g/mol. The highest BCUT2D eigenvalue weighted by Gasteiger charge is 2.07. The SMILES string of the molecule is CSc1ccccc1-c1cc(Cl)[c]cc1C. The van der Waals surface area contributed by atoms with Gasteiger partial charge in [-0.3, -0.25) is 0 Å². The van der Waals surface area contributed by atoms with E-state index in [1.807, 2.05) is 12.1 Å². The quantitative estimate of drug-likeness (QED) is 0.685. The van der Waals surface area contributed by atoms with Crippen LogP contribution in [-0.4, -0.2) is 6.26 Å². The molecule has 2 rings (SSSR count). The van der Waals surface area contributed by atoms with Crippen LogP contribution in [0.15, 0.2) is 41.3 Å². The minimum atomic E-state index is 0.663. The maximum Gasteiger partial charge on any atom is 0.0491 e. The second-order valence-corrected chi connectivity index (χ2v) is 4.83. The summed E-state index contributed by atoms with van der Waals surface area (Å²) in [4.78, 5) is 1.27. The van der Waals surface area contributed by atoms with Gasteiger partial charge >= 0.3 is 0 Å². The third-order valence-corrected chi connectivity index (χ3v) is 3.53. The second kappa shape index (κ2) is 4.94. The lowest BCUT2D eigenvalue weighted by atomic mass is 10.0. The molecular formula is C14H12ClS. The first kappa shape index (κ1) is 11.6. The first-order chi connectivity index (χ1) is 7.72. The molecule has 16 heavy (non-hydrogen) atoms. The third-order valence-electron chi connectivity index (χ3n) is 2.52. The van der Waals surface area contributed by atoms with Crippen LogP contribution in [0, 0.1) is 13.0 Å². The van der Waals surface area contributed by atoms with Gasteiger partial charge in [0.2, 0.25) is 0 Å². The highest BCUT2D eigenvalue weighted by molar-refractivity contribution is 7.98. The first-order valence-corrected chi connectivity index (χ1v) is 6.64. The molecule has 2 aromatic rings. The molecule has 0 bridgehead atoms. The average Bonchev–Trinajstić information content (AvgIpc) is 2.32. The van der Waals surface area contributed by atoms with Gasteiger partial charge in [-0.2, -0.15) is 0 Å². The Bertz CT molecular complexity index is 506. The molecule has 0 unspecified atom stereocenters. The maximum absolute atomic E-state index is 6.00. The van der Waals surface area contributed by atoms with Gasteiger partial charge < -0.3 is 0 Å². The van der Waals surface area contributed by atoms with Crippen LogP contribution in [0.3, 0.4) is 0 Å². The van der Waals surface area contributed by atoms with Crippen molar-refractivity contribution < 1.29 is 0 Å². The molecule has 0 aromatic heterocycles. The van der Waals surface area contributed by atoms with Gasteiger partial charge in [0.05, 0.1) is 0 Å². The molecule has 0 saturated heterocycles. The van der Waals surface area contributed by atoms with Gasteiger partial charge in [0.25, 0.3) is 0 Å². The standard InChI is InChI=1S/C14H12ClS/c1-10-7-8-11(15)9-13(10)12-5-3-4-6-14(12)16-2/h3-7,9H,1-2H3. The Balaban J connectivity index is 2.62. The van der Waals surface area contributed by atoms with Crippen LogP contribution in [-0.2, 0) is 0 Å². The monoisotopic (exact) mass is 247 g/mol. The van der Waals surface area contributed by atoms with Crippen LogP contribution in [0.4, 0.5) is 0 Å². The van der Waals surface area contributed by atoms with Crippen molar-refractivity contribution in [1.29, 1.82) is 0 Å². The molecule has 0 N–H and O–H groups in total. The lowest BCUT2D eigenvalue weighted by Crippen LogP contribution is -1.86. The van der Waals surface area contributed by atoms with Crippen LogP contribution in [0.1, 0.15) is 5.56 Å². The lowest BCUT2D eigenvalue weighted by Gasteiger charge is -2.10. The summed E-state index contributed by atoms with van der Waals surface area (Å²) in [5, 5.41) is 0.663. The van der Waals surface area contributed by atoms with E-state index in [1.54, 1.807) is 11.8 Å². The number of thioether (sulfide) groups is 1. The first-order valence-electron chi connectivity index (χ1n) is 5.03. The molecule has 0 atom stereocenters. The van der Waals surface area contributed by atoms with Gasteiger partial charge in [0.1, 0.15) is 0 Å². The Morgan fingerprint density at radius 1 is 1.19 bits per heavy atom. The van der Waals surface area contributed by atoms with Crippen LogP contribution >= 0.6 is 23.4 Å². The number of hydrogen-bond donors (Lipinski definition) is 0. The zero-order chi connectivity index (χ0) is 11.5. The summed E-state index contributed by atoms with van der Waals surface area (Å²) < 4.78 is 0. The van der Waals surface area contributed by atoms with Crippen molar-refractivity contribution in [3.05, 3.63) is 53.1 Å². The Morgan fingerprint density at radius 2 is 1.94 bits per heavy atom. The van der Waals surface area contributed by atoms with Gasteiger partial charge in [-0.15, -0.1) is 11.8 Å². The van der Waals surface area contributed by atoms with E-state index in [0.717, 1.165) is 0 Å². The van der Waals surface area contributed by atoms with E-state index in [4.69, 9.17) is 11.6 Å². The number of rotatable bonds is 2. The molecule has 0 aliphatic heterocycles. The normalized spacial score (nSPS) is 10.4. The summed E-state index contributed by atoms with van der Waals surface area (Å²) >= 11 is 7.75. The molecule has 0 nitrogen and oxygen atoms in total. The maximum atomic E-state index is 6.00. The van der Waals surface area contributed by atoms with E-state index >= 15 is 0 Å². The van der Waals surface area contributed by atoms with Crippen molar-refractivity contribution in [1.82, 2.24) is 0 Å². The Morgan fingerprint density at radius 3 is 2.69 bits per heavy atom. The molecule has 81 valence electrons. The Kier molecular flexibility index (Phi) is 3.57. The highest BCUT2D eigenvalue weighted by atomic mass is 35.5. The Hall–Kier alpha value is -0.920. The summed E-state index contributed by atoms with van der Waals surface area (Å²) in [6.07, 6.45) is 2.09. The minimum Gasteiger partial charge on any atom is -0.129 e. The smallest absolute Gasteiger partial charge is 0.0491 e. The molecule has 0 aliphatic rings. The predicted molar refractivity (Wildman–Crippen MR) is 72.2 cm³/mol. The Labute approximate surface area is 106 Å². The van der Waals surface area contributed by atoms with Gasteiger partial charge in [-0.05, 0) is 48.1 Å². The summed E-state index contributed by atoms with van der Waals surface area (Å²) in [6.45, 7) is 2.08. The fraction of sp³-hybridized carbons (Fsp3) is 0.143. The van der Waals surface area contributed by atoms with E-state index in [0.29, 0.717) is 5.02 Å². The molecule has 0 aliphatic carbocycles. The van der Waals surface area contributed by atoms with E-state index in [2.05, 4.69) is 43.5 Å².